The van der Waals surface area contributed by atoms with Gasteiger partial charge >= 0.3 is 5.63 Å². The summed E-state index contributed by atoms with van der Waals surface area (Å²) in [6, 6.07) is 8.38. The first-order valence-electron chi connectivity index (χ1n) is 8.03. The molecule has 0 radical (unpaired) electrons. The van der Waals surface area contributed by atoms with Crippen LogP contribution in [0.25, 0.3) is 11.0 Å². The fourth-order valence-electron chi connectivity index (χ4n) is 3.06. The van der Waals surface area contributed by atoms with Crippen LogP contribution in [0.2, 0.25) is 0 Å². The van der Waals surface area contributed by atoms with Crippen molar-refractivity contribution in [1.82, 2.24) is 9.88 Å². The maximum atomic E-state index is 12.4. The van der Waals surface area contributed by atoms with Crippen molar-refractivity contribution in [3.8, 4) is 5.75 Å². The average Bonchev–Trinajstić information content (AvgIpc) is 3.30. The van der Waals surface area contributed by atoms with Crippen molar-refractivity contribution in [3.05, 3.63) is 57.3 Å². The molecular weight excluding hydrogens is 340 g/mol. The number of para-hydroxylation sites is 1. The fourth-order valence-corrected chi connectivity index (χ4v) is 3.82. The molecule has 1 aliphatic rings. The largest absolute Gasteiger partial charge is 0.483 e. The van der Waals surface area contributed by atoms with Crippen LogP contribution in [0.4, 0.5) is 0 Å². The Morgan fingerprint density at radius 2 is 2.28 bits per heavy atom. The highest BCUT2D eigenvalue weighted by Gasteiger charge is 2.29. The van der Waals surface area contributed by atoms with E-state index < -0.39 is 5.63 Å². The number of aromatic nitrogens is 1. The zero-order valence-corrected chi connectivity index (χ0v) is 14.2. The van der Waals surface area contributed by atoms with Gasteiger partial charge in [0.1, 0.15) is 11.3 Å². The normalized spacial score (nSPS) is 17.1. The van der Waals surface area contributed by atoms with Crippen LogP contribution >= 0.6 is 11.3 Å². The minimum Gasteiger partial charge on any atom is -0.483 e. The van der Waals surface area contributed by atoms with E-state index in [9.17, 15) is 9.59 Å². The van der Waals surface area contributed by atoms with E-state index in [2.05, 4.69) is 4.98 Å². The molecule has 1 unspecified atom stereocenters. The minimum atomic E-state index is -0.494. The smallest absolute Gasteiger partial charge is 0.339 e. The van der Waals surface area contributed by atoms with E-state index in [1.165, 1.54) is 6.07 Å². The van der Waals surface area contributed by atoms with Gasteiger partial charge in [-0.1, -0.05) is 12.1 Å². The van der Waals surface area contributed by atoms with Gasteiger partial charge in [0.2, 0.25) is 0 Å². The summed E-state index contributed by atoms with van der Waals surface area (Å²) in [7, 11) is 0. The number of rotatable bonds is 4. The highest BCUT2D eigenvalue weighted by Crippen LogP contribution is 2.29. The Labute approximate surface area is 147 Å². The van der Waals surface area contributed by atoms with Gasteiger partial charge in [-0.3, -0.25) is 4.79 Å². The lowest BCUT2D eigenvalue weighted by atomic mass is 10.1. The van der Waals surface area contributed by atoms with Crippen molar-refractivity contribution in [2.24, 2.45) is 0 Å². The molecule has 0 bridgehead atoms. The van der Waals surface area contributed by atoms with Crippen molar-refractivity contribution in [3.63, 3.8) is 0 Å². The molecule has 2 aromatic heterocycles. The first-order chi connectivity index (χ1) is 12.2. The number of likely N-dealkylation sites (tertiary alicyclic amines) is 1. The number of amides is 1. The standard InChI is InChI=1S/C18H16N2O4S/c21-16(20-7-5-12(10-20)18-19-6-8-25-18)11-23-15-9-17(22)24-14-4-2-1-3-13(14)15/h1-4,6,8-9,12H,5,7,10-11H2. The molecule has 1 aliphatic heterocycles. The van der Waals surface area contributed by atoms with Crippen molar-refractivity contribution >= 4 is 28.2 Å². The molecule has 1 amide bonds. The van der Waals surface area contributed by atoms with Gasteiger partial charge in [-0.05, 0) is 18.6 Å². The van der Waals surface area contributed by atoms with Gasteiger partial charge in [0.25, 0.3) is 5.91 Å². The van der Waals surface area contributed by atoms with Crippen molar-refractivity contribution in [2.75, 3.05) is 19.7 Å². The number of benzene rings is 1. The highest BCUT2D eigenvalue weighted by molar-refractivity contribution is 7.09. The second-order valence-corrected chi connectivity index (χ2v) is 6.84. The van der Waals surface area contributed by atoms with Crippen LogP contribution in [-0.2, 0) is 4.79 Å². The predicted octanol–water partition coefficient (Wildman–Crippen LogP) is 2.64. The zero-order valence-electron chi connectivity index (χ0n) is 13.4. The van der Waals surface area contributed by atoms with Crippen molar-refractivity contribution in [2.45, 2.75) is 12.3 Å². The van der Waals surface area contributed by atoms with Gasteiger partial charge in [0, 0.05) is 30.6 Å². The van der Waals surface area contributed by atoms with E-state index in [1.807, 2.05) is 11.4 Å². The molecule has 128 valence electrons. The van der Waals surface area contributed by atoms with Crippen LogP contribution in [0.1, 0.15) is 17.3 Å². The lowest BCUT2D eigenvalue weighted by Gasteiger charge is -2.16. The molecule has 0 saturated carbocycles. The number of fused-ring (bicyclic) bond motifs is 1. The first kappa shape index (κ1) is 15.8. The summed E-state index contributed by atoms with van der Waals surface area (Å²) in [5.74, 6) is 0.584. The van der Waals surface area contributed by atoms with Gasteiger partial charge in [-0.15, -0.1) is 11.3 Å². The number of thiazole rings is 1. The van der Waals surface area contributed by atoms with E-state index >= 15 is 0 Å². The van der Waals surface area contributed by atoms with E-state index in [1.54, 1.807) is 40.6 Å². The Hall–Kier alpha value is -2.67. The Bertz CT molecular complexity index is 951. The minimum absolute atomic E-state index is 0.0867. The van der Waals surface area contributed by atoms with Crippen LogP contribution in [0.3, 0.4) is 0 Å². The van der Waals surface area contributed by atoms with E-state index in [0.717, 1.165) is 11.4 Å². The summed E-state index contributed by atoms with van der Waals surface area (Å²) in [5, 5.41) is 3.70. The molecule has 1 saturated heterocycles. The van der Waals surface area contributed by atoms with Gasteiger partial charge in [0.05, 0.1) is 16.5 Å². The van der Waals surface area contributed by atoms with Crippen molar-refractivity contribution in [1.29, 1.82) is 0 Å². The second-order valence-electron chi connectivity index (χ2n) is 5.91. The van der Waals surface area contributed by atoms with Crippen LogP contribution < -0.4 is 10.4 Å². The van der Waals surface area contributed by atoms with E-state index in [0.29, 0.717) is 35.7 Å². The Morgan fingerprint density at radius 3 is 3.12 bits per heavy atom. The van der Waals surface area contributed by atoms with Crippen LogP contribution in [0.15, 0.2) is 51.1 Å². The molecule has 1 atom stereocenters. The summed E-state index contributed by atoms with van der Waals surface area (Å²) >= 11 is 1.62. The molecule has 0 spiro atoms. The van der Waals surface area contributed by atoms with Crippen molar-refractivity contribution < 1.29 is 13.9 Å². The van der Waals surface area contributed by atoms with Gasteiger partial charge in [0.15, 0.2) is 6.61 Å². The SMILES string of the molecule is O=C(COc1cc(=O)oc2ccccc12)N1CCC(c2nccs2)C1. The molecule has 1 aromatic carbocycles. The van der Waals surface area contributed by atoms with Gasteiger partial charge in [-0.2, -0.15) is 0 Å². The molecular formula is C18H16N2O4S. The number of carbonyl (C=O) groups is 1. The Morgan fingerprint density at radius 1 is 1.40 bits per heavy atom. The maximum Gasteiger partial charge on any atom is 0.339 e. The Kier molecular flexibility index (Phi) is 4.23. The molecule has 25 heavy (non-hydrogen) atoms. The van der Waals surface area contributed by atoms with Gasteiger partial charge < -0.3 is 14.1 Å². The lowest BCUT2D eigenvalue weighted by molar-refractivity contribution is -0.132. The number of hydrogen-bond acceptors (Lipinski definition) is 6. The number of ether oxygens (including phenoxy) is 1. The van der Waals surface area contributed by atoms with Crippen LogP contribution in [0.5, 0.6) is 5.75 Å². The maximum absolute atomic E-state index is 12.4. The first-order valence-corrected chi connectivity index (χ1v) is 8.91. The molecule has 3 aromatic rings. The number of hydrogen-bond donors (Lipinski definition) is 0. The Balaban J connectivity index is 1.44. The third kappa shape index (κ3) is 3.28. The molecule has 1 fully saturated rings. The molecule has 3 heterocycles. The fraction of sp³-hybridized carbons (Fsp3) is 0.278. The van der Waals surface area contributed by atoms with Gasteiger partial charge in [-0.25, -0.2) is 9.78 Å². The lowest BCUT2D eigenvalue weighted by Crippen LogP contribution is -2.33. The average molecular weight is 356 g/mol. The summed E-state index contributed by atoms with van der Waals surface area (Å²) in [6.07, 6.45) is 2.71. The third-order valence-electron chi connectivity index (χ3n) is 4.30. The zero-order chi connectivity index (χ0) is 17.2. The van der Waals surface area contributed by atoms with E-state index in [-0.39, 0.29) is 12.5 Å². The van der Waals surface area contributed by atoms with Crippen LogP contribution in [-0.4, -0.2) is 35.5 Å². The molecule has 0 aliphatic carbocycles. The molecule has 4 rings (SSSR count). The van der Waals surface area contributed by atoms with E-state index in [4.69, 9.17) is 9.15 Å². The quantitative estimate of drug-likeness (QED) is 0.672. The molecule has 7 heteroatoms. The summed E-state index contributed by atoms with van der Waals surface area (Å²) in [6.45, 7) is 1.26. The number of carbonyl (C=O) groups excluding carboxylic acids is 1. The van der Waals surface area contributed by atoms with Crippen LogP contribution in [0, 0.1) is 0 Å². The summed E-state index contributed by atoms with van der Waals surface area (Å²) in [5.41, 5.74) is -0.0476. The second kappa shape index (κ2) is 6.68. The number of nitrogens with zero attached hydrogens (tertiary/aromatic N) is 2. The topological polar surface area (TPSA) is 72.6 Å². The third-order valence-corrected chi connectivity index (χ3v) is 5.24. The summed E-state index contributed by atoms with van der Waals surface area (Å²) in [4.78, 5) is 30.2. The molecule has 0 N–H and O–H groups in total. The summed E-state index contributed by atoms with van der Waals surface area (Å²) < 4.78 is 10.8. The monoisotopic (exact) mass is 356 g/mol. The predicted molar refractivity (Wildman–Crippen MR) is 94.0 cm³/mol. The molecule has 6 nitrogen and oxygen atoms in total. The highest BCUT2D eigenvalue weighted by atomic mass is 32.1.